The Morgan fingerprint density at radius 1 is 0.667 bits per heavy atom. The molecule has 0 fully saturated rings. The van der Waals surface area contributed by atoms with Crippen LogP contribution in [0.2, 0.25) is 0 Å². The lowest BCUT2D eigenvalue weighted by atomic mass is 10.1. The summed E-state index contributed by atoms with van der Waals surface area (Å²) in [6, 6.07) is 0. The summed E-state index contributed by atoms with van der Waals surface area (Å²) in [7, 11) is 0. The number of unbranched alkanes of at least 4 members (excludes halogenated alkanes) is 4. The minimum atomic E-state index is 0.0972. The zero-order chi connectivity index (χ0) is 16.4. The van der Waals surface area contributed by atoms with Gasteiger partial charge in [0, 0.05) is 6.54 Å². The molecule has 0 bridgehead atoms. The molecule has 21 heavy (non-hydrogen) atoms. The van der Waals surface area contributed by atoms with Crippen LogP contribution in [0.25, 0.3) is 0 Å². The average Bonchev–Trinajstić information content (AvgIpc) is 2.53. The molecule has 0 heterocycles. The quantitative estimate of drug-likeness (QED) is 0.506. The molecule has 0 aromatic heterocycles. The second-order valence-electron chi connectivity index (χ2n) is 6.16. The molecule has 0 aromatic rings. The van der Waals surface area contributed by atoms with Crippen molar-refractivity contribution in [2.24, 2.45) is 5.73 Å². The molecule has 0 aromatic carbocycles. The van der Waals surface area contributed by atoms with Crippen molar-refractivity contribution in [1.82, 2.24) is 0 Å². The van der Waals surface area contributed by atoms with Crippen LogP contribution in [0.5, 0.6) is 0 Å². The summed E-state index contributed by atoms with van der Waals surface area (Å²) in [4.78, 5) is 0. The van der Waals surface area contributed by atoms with Gasteiger partial charge in [0.25, 0.3) is 0 Å². The second-order valence-corrected chi connectivity index (χ2v) is 6.16. The third kappa shape index (κ3) is 14.6. The summed E-state index contributed by atoms with van der Waals surface area (Å²) in [6.07, 6.45) is 11.1. The minimum absolute atomic E-state index is 0.0972. The number of hydrogen-bond donors (Lipinski definition) is 2. The Bertz CT molecular complexity index is 147. The molecule has 0 atom stereocenters. The first-order chi connectivity index (χ1) is 10.2. The van der Waals surface area contributed by atoms with Crippen LogP contribution in [0.4, 0.5) is 0 Å². The Morgan fingerprint density at radius 2 is 0.905 bits per heavy atom. The topological polar surface area (TPSA) is 46.2 Å². The van der Waals surface area contributed by atoms with Gasteiger partial charge in [0.15, 0.2) is 0 Å². The third-order valence-electron chi connectivity index (χ3n) is 4.07. The fourth-order valence-electron chi connectivity index (χ4n) is 2.64. The van der Waals surface area contributed by atoms with E-state index in [1.54, 1.807) is 0 Å². The highest BCUT2D eigenvalue weighted by Gasteiger charge is 2.24. The molecule has 0 saturated carbocycles. The maximum atomic E-state index is 7.75. The summed E-state index contributed by atoms with van der Waals surface area (Å²) in [5.41, 5.74) is 4.78. The average molecular weight is 304 g/mol. The van der Waals surface area contributed by atoms with E-state index in [0.29, 0.717) is 6.54 Å². The Morgan fingerprint density at radius 3 is 1.05 bits per heavy atom. The summed E-state index contributed by atoms with van der Waals surface area (Å²) >= 11 is 0. The minimum Gasteiger partial charge on any atom is -0.395 e. The molecule has 0 spiro atoms. The van der Waals surface area contributed by atoms with Crippen molar-refractivity contribution < 1.29 is 9.59 Å². The first-order valence-corrected chi connectivity index (χ1v) is 9.32. The van der Waals surface area contributed by atoms with Gasteiger partial charge in [-0.25, -0.2) is 0 Å². The van der Waals surface area contributed by atoms with Crippen LogP contribution in [-0.2, 0) is 0 Å². The highest BCUT2D eigenvalue weighted by molar-refractivity contribution is 4.49. The first kappa shape index (κ1) is 23.2. The van der Waals surface area contributed by atoms with Gasteiger partial charge in [-0.05, 0) is 25.7 Å². The SMILES string of the molecule is CCCC[N+](CCCC)(CCCC)CCCC.NCCO. The van der Waals surface area contributed by atoms with Gasteiger partial charge in [-0.1, -0.05) is 53.4 Å². The van der Waals surface area contributed by atoms with E-state index in [2.05, 4.69) is 27.7 Å². The molecule has 0 aliphatic rings. The molecular formula is C18H43N2O+. The van der Waals surface area contributed by atoms with E-state index in [-0.39, 0.29) is 6.61 Å². The lowest BCUT2D eigenvalue weighted by Gasteiger charge is -2.39. The molecule has 3 nitrogen and oxygen atoms in total. The van der Waals surface area contributed by atoms with Crippen molar-refractivity contribution >= 4 is 0 Å². The second kappa shape index (κ2) is 17.9. The van der Waals surface area contributed by atoms with E-state index >= 15 is 0 Å². The molecule has 0 amide bonds. The van der Waals surface area contributed by atoms with E-state index in [1.807, 2.05) is 0 Å². The molecule has 0 aliphatic heterocycles. The summed E-state index contributed by atoms with van der Waals surface area (Å²) in [5.74, 6) is 0. The van der Waals surface area contributed by atoms with Gasteiger partial charge < -0.3 is 15.3 Å². The molecule has 3 heteroatoms. The zero-order valence-corrected chi connectivity index (χ0v) is 15.4. The van der Waals surface area contributed by atoms with E-state index in [4.69, 9.17) is 10.8 Å². The van der Waals surface area contributed by atoms with Crippen molar-refractivity contribution in [3.63, 3.8) is 0 Å². The van der Waals surface area contributed by atoms with Crippen LogP contribution >= 0.6 is 0 Å². The third-order valence-corrected chi connectivity index (χ3v) is 4.07. The Kier molecular flexibility index (Phi) is 19.8. The van der Waals surface area contributed by atoms with Crippen LogP contribution in [-0.4, -0.2) is 48.9 Å². The summed E-state index contributed by atoms with van der Waals surface area (Å²) in [6.45, 7) is 15.5. The lowest BCUT2D eigenvalue weighted by Crippen LogP contribution is -2.50. The monoisotopic (exact) mass is 303 g/mol. The molecule has 0 radical (unpaired) electrons. The van der Waals surface area contributed by atoms with Crippen molar-refractivity contribution in [3.05, 3.63) is 0 Å². The number of aliphatic hydroxyl groups excluding tert-OH is 1. The van der Waals surface area contributed by atoms with E-state index in [9.17, 15) is 0 Å². The molecule has 0 saturated heterocycles. The van der Waals surface area contributed by atoms with Crippen molar-refractivity contribution in [1.29, 1.82) is 0 Å². The first-order valence-electron chi connectivity index (χ1n) is 9.32. The highest BCUT2D eigenvalue weighted by Crippen LogP contribution is 2.16. The largest absolute Gasteiger partial charge is 0.395 e. The standard InChI is InChI=1S/C16H36N.C2H7NO/c1-5-9-13-17(14-10-6-2,15-11-7-3)16-12-8-4;3-1-2-4/h5-16H2,1-4H3;4H,1-3H2/q+1;. The maximum Gasteiger partial charge on any atom is 0.0786 e. The number of hydrogen-bond acceptors (Lipinski definition) is 2. The van der Waals surface area contributed by atoms with Crippen LogP contribution in [0.15, 0.2) is 0 Å². The van der Waals surface area contributed by atoms with Gasteiger partial charge in [0.1, 0.15) is 0 Å². The molecule has 130 valence electrons. The van der Waals surface area contributed by atoms with Gasteiger partial charge in [-0.2, -0.15) is 0 Å². The Labute approximate surface area is 134 Å². The van der Waals surface area contributed by atoms with Crippen LogP contribution in [0.3, 0.4) is 0 Å². The van der Waals surface area contributed by atoms with Gasteiger partial charge in [-0.15, -0.1) is 0 Å². The van der Waals surface area contributed by atoms with E-state index in [0.717, 1.165) is 0 Å². The zero-order valence-electron chi connectivity index (χ0n) is 15.4. The van der Waals surface area contributed by atoms with Crippen LogP contribution in [0.1, 0.15) is 79.1 Å². The van der Waals surface area contributed by atoms with Crippen molar-refractivity contribution in [3.8, 4) is 0 Å². The number of nitrogens with two attached hydrogens (primary N) is 1. The lowest BCUT2D eigenvalue weighted by molar-refractivity contribution is -0.929. The molecule has 0 unspecified atom stereocenters. The smallest absolute Gasteiger partial charge is 0.0786 e. The van der Waals surface area contributed by atoms with Crippen molar-refractivity contribution in [2.75, 3.05) is 39.3 Å². The fourth-order valence-corrected chi connectivity index (χ4v) is 2.64. The number of rotatable bonds is 13. The Balaban J connectivity index is 0. The predicted molar refractivity (Wildman–Crippen MR) is 95.5 cm³/mol. The molecule has 0 aliphatic carbocycles. The fraction of sp³-hybridized carbons (Fsp3) is 1.00. The summed E-state index contributed by atoms with van der Waals surface area (Å²) < 4.78 is 1.42. The van der Waals surface area contributed by atoms with Crippen LogP contribution in [0, 0.1) is 0 Å². The highest BCUT2D eigenvalue weighted by atomic mass is 16.3. The van der Waals surface area contributed by atoms with E-state index < -0.39 is 0 Å². The van der Waals surface area contributed by atoms with Gasteiger partial charge >= 0.3 is 0 Å². The molecule has 0 rings (SSSR count). The van der Waals surface area contributed by atoms with Crippen molar-refractivity contribution in [2.45, 2.75) is 79.1 Å². The molecule has 3 N–H and O–H groups in total. The number of nitrogens with zero attached hydrogens (tertiary/aromatic N) is 1. The Hall–Kier alpha value is -0.120. The predicted octanol–water partition coefficient (Wildman–Crippen LogP) is 3.94. The summed E-state index contributed by atoms with van der Waals surface area (Å²) in [5, 5.41) is 7.75. The van der Waals surface area contributed by atoms with E-state index in [1.165, 1.54) is 82.0 Å². The van der Waals surface area contributed by atoms with Gasteiger partial charge in [0.05, 0.1) is 32.8 Å². The number of aliphatic hydroxyl groups is 1. The number of quaternary nitrogens is 1. The van der Waals surface area contributed by atoms with Gasteiger partial charge in [-0.3, -0.25) is 0 Å². The molecular weight excluding hydrogens is 260 g/mol. The van der Waals surface area contributed by atoms with Crippen LogP contribution < -0.4 is 5.73 Å². The maximum absolute atomic E-state index is 7.75. The van der Waals surface area contributed by atoms with Gasteiger partial charge in [0.2, 0.25) is 0 Å². The normalized spacial score (nSPS) is 11.1.